The number of nitrogens with zero attached hydrogens (tertiary/aromatic N) is 3. The van der Waals surface area contributed by atoms with Gasteiger partial charge in [0.25, 0.3) is 5.69 Å². The predicted molar refractivity (Wildman–Crippen MR) is 115 cm³/mol. The van der Waals surface area contributed by atoms with Gasteiger partial charge >= 0.3 is 6.03 Å². The summed E-state index contributed by atoms with van der Waals surface area (Å²) in [4.78, 5) is 38.8. The molecule has 9 nitrogen and oxygen atoms in total. The lowest BCUT2D eigenvalue weighted by Gasteiger charge is -2.34. The minimum Gasteiger partial charge on any atom is -0.336 e. The molecule has 2 saturated heterocycles. The SMILES string of the molecule is N[C@@H](CC(=O)N1C[C@H]2C[C@H]1CN2C(=O)Nc1ccc([N+](=O)[O-])cc1)Cc1cc(F)c(F)cc1F. The van der Waals surface area contributed by atoms with Gasteiger partial charge in [-0.25, -0.2) is 18.0 Å². The quantitative estimate of drug-likeness (QED) is 0.376. The number of nitro groups is 1. The average molecular weight is 477 g/mol. The van der Waals surface area contributed by atoms with Crippen LogP contribution in [0.5, 0.6) is 0 Å². The second-order valence-electron chi connectivity index (χ2n) is 8.50. The zero-order chi connectivity index (χ0) is 24.6. The second kappa shape index (κ2) is 9.29. The fraction of sp³-hybridized carbons (Fsp3) is 0.364. The minimum absolute atomic E-state index is 0.0853. The molecule has 3 amide bonds. The molecular weight excluding hydrogens is 455 g/mol. The minimum atomic E-state index is -1.29. The van der Waals surface area contributed by atoms with Crippen LogP contribution in [0.25, 0.3) is 0 Å². The molecule has 0 saturated carbocycles. The third-order valence-electron chi connectivity index (χ3n) is 6.16. The summed E-state index contributed by atoms with van der Waals surface area (Å²) in [7, 11) is 0. The number of nitrogens with one attached hydrogen (secondary N) is 1. The fourth-order valence-electron chi connectivity index (χ4n) is 4.50. The van der Waals surface area contributed by atoms with Gasteiger partial charge in [0.05, 0.1) is 17.0 Å². The first kappa shape index (κ1) is 23.5. The molecule has 0 radical (unpaired) electrons. The van der Waals surface area contributed by atoms with Gasteiger partial charge < -0.3 is 20.9 Å². The normalized spacial score (nSPS) is 19.9. The van der Waals surface area contributed by atoms with E-state index in [1.54, 1.807) is 9.80 Å². The number of hydrogen-bond acceptors (Lipinski definition) is 5. The number of piperazine rings is 1. The van der Waals surface area contributed by atoms with E-state index < -0.39 is 28.4 Å². The van der Waals surface area contributed by atoms with Crippen LogP contribution in [-0.2, 0) is 11.2 Å². The monoisotopic (exact) mass is 477 g/mol. The standard InChI is InChI=1S/C22H22F3N5O4/c23-18-9-20(25)19(24)6-12(18)5-13(26)7-21(31)28-10-17-8-16(28)11-29(17)22(32)27-14-1-3-15(4-2-14)30(33)34/h1-4,6,9,13,16-17H,5,7-8,10-11,26H2,(H,27,32)/t13-,16+,17-/m1/s1. The number of nitrogens with two attached hydrogens (primary N) is 1. The van der Waals surface area contributed by atoms with Crippen molar-refractivity contribution in [2.24, 2.45) is 5.73 Å². The number of carbonyl (C=O) groups excluding carboxylic acids is 2. The van der Waals surface area contributed by atoms with Gasteiger partial charge in [-0.05, 0) is 36.6 Å². The van der Waals surface area contributed by atoms with Crippen LogP contribution in [0, 0.1) is 27.6 Å². The summed E-state index contributed by atoms with van der Waals surface area (Å²) >= 11 is 0. The van der Waals surface area contributed by atoms with Crippen molar-refractivity contribution in [1.29, 1.82) is 0 Å². The number of benzene rings is 2. The molecule has 2 aromatic rings. The van der Waals surface area contributed by atoms with Gasteiger partial charge in [-0.3, -0.25) is 14.9 Å². The summed E-state index contributed by atoms with van der Waals surface area (Å²) in [6.45, 7) is 0.645. The van der Waals surface area contributed by atoms with Crippen LogP contribution >= 0.6 is 0 Å². The van der Waals surface area contributed by atoms with Crippen molar-refractivity contribution in [1.82, 2.24) is 9.80 Å². The van der Waals surface area contributed by atoms with Crippen molar-refractivity contribution in [3.05, 3.63) is 69.5 Å². The number of halogens is 3. The molecule has 0 spiro atoms. The highest BCUT2D eigenvalue weighted by atomic mass is 19.2. The Bertz CT molecular complexity index is 1130. The van der Waals surface area contributed by atoms with Gasteiger partial charge in [0.15, 0.2) is 11.6 Å². The first-order valence-electron chi connectivity index (χ1n) is 10.6. The number of fused-ring (bicyclic) bond motifs is 2. The van der Waals surface area contributed by atoms with Gasteiger partial charge in [0.2, 0.25) is 5.91 Å². The van der Waals surface area contributed by atoms with Crippen LogP contribution in [0.4, 0.5) is 29.3 Å². The van der Waals surface area contributed by atoms with E-state index in [4.69, 9.17) is 5.73 Å². The molecule has 0 aromatic heterocycles. The van der Waals surface area contributed by atoms with E-state index in [0.717, 1.165) is 6.07 Å². The molecule has 2 aliphatic heterocycles. The molecular formula is C22H22F3N5O4. The highest BCUT2D eigenvalue weighted by molar-refractivity contribution is 5.90. The maximum absolute atomic E-state index is 13.9. The Morgan fingerprint density at radius 2 is 1.68 bits per heavy atom. The Labute approximate surface area is 192 Å². The highest BCUT2D eigenvalue weighted by Gasteiger charge is 2.47. The number of non-ortho nitro benzene ring substituents is 1. The van der Waals surface area contributed by atoms with Gasteiger partial charge in [-0.15, -0.1) is 0 Å². The molecule has 2 heterocycles. The lowest BCUT2D eigenvalue weighted by atomic mass is 10.0. The maximum atomic E-state index is 13.9. The number of amides is 3. The summed E-state index contributed by atoms with van der Waals surface area (Å²) < 4.78 is 40.3. The number of anilines is 1. The number of nitro benzene ring substituents is 1. The van der Waals surface area contributed by atoms with E-state index in [9.17, 15) is 32.9 Å². The zero-order valence-corrected chi connectivity index (χ0v) is 17.9. The molecule has 12 heteroatoms. The highest BCUT2D eigenvalue weighted by Crippen LogP contribution is 2.32. The third kappa shape index (κ3) is 4.81. The van der Waals surface area contributed by atoms with Crippen LogP contribution in [0.3, 0.4) is 0 Å². The van der Waals surface area contributed by atoms with Crippen molar-refractivity contribution in [3.8, 4) is 0 Å². The van der Waals surface area contributed by atoms with Crippen LogP contribution in [0.1, 0.15) is 18.4 Å². The summed E-state index contributed by atoms with van der Waals surface area (Å²) in [5, 5.41) is 13.4. The van der Waals surface area contributed by atoms with Crippen LogP contribution in [-0.4, -0.2) is 57.9 Å². The third-order valence-corrected chi connectivity index (χ3v) is 6.16. The first-order valence-corrected chi connectivity index (χ1v) is 10.6. The van der Waals surface area contributed by atoms with Crippen LogP contribution in [0.2, 0.25) is 0 Å². The lowest BCUT2D eigenvalue weighted by Crippen LogP contribution is -2.52. The van der Waals surface area contributed by atoms with E-state index in [1.807, 2.05) is 0 Å². The maximum Gasteiger partial charge on any atom is 0.322 e. The Morgan fingerprint density at radius 3 is 2.29 bits per heavy atom. The topological polar surface area (TPSA) is 122 Å². The Morgan fingerprint density at radius 1 is 1.06 bits per heavy atom. The summed E-state index contributed by atoms with van der Waals surface area (Å²) in [6.07, 6.45) is 0.379. The van der Waals surface area contributed by atoms with E-state index in [0.29, 0.717) is 31.3 Å². The molecule has 4 rings (SSSR count). The molecule has 3 atom stereocenters. The van der Waals surface area contributed by atoms with Crippen LogP contribution in [0.15, 0.2) is 36.4 Å². The number of carbonyl (C=O) groups is 2. The van der Waals surface area contributed by atoms with Crippen molar-refractivity contribution >= 4 is 23.3 Å². The molecule has 2 fully saturated rings. The molecule has 3 N–H and O–H groups in total. The van der Waals surface area contributed by atoms with E-state index in [1.165, 1.54) is 24.3 Å². The van der Waals surface area contributed by atoms with Crippen molar-refractivity contribution in [2.75, 3.05) is 18.4 Å². The Kier molecular flexibility index (Phi) is 6.42. The number of urea groups is 1. The molecule has 2 bridgehead atoms. The van der Waals surface area contributed by atoms with E-state index in [-0.39, 0.29) is 48.1 Å². The van der Waals surface area contributed by atoms with Crippen molar-refractivity contribution < 1.29 is 27.7 Å². The van der Waals surface area contributed by atoms with Gasteiger partial charge in [-0.1, -0.05) is 0 Å². The summed E-state index contributed by atoms with van der Waals surface area (Å²) in [5.41, 5.74) is 6.21. The first-order chi connectivity index (χ1) is 16.1. The molecule has 180 valence electrons. The van der Waals surface area contributed by atoms with Gasteiger partial charge in [0.1, 0.15) is 5.82 Å². The number of rotatable bonds is 6. The lowest BCUT2D eigenvalue weighted by molar-refractivity contribution is -0.384. The van der Waals surface area contributed by atoms with E-state index >= 15 is 0 Å². The predicted octanol–water partition coefficient (Wildman–Crippen LogP) is 2.79. The summed E-state index contributed by atoms with van der Waals surface area (Å²) in [6, 6.07) is 5.15. The largest absolute Gasteiger partial charge is 0.336 e. The number of likely N-dealkylation sites (tertiary alicyclic amines) is 2. The van der Waals surface area contributed by atoms with Gasteiger partial charge in [0, 0.05) is 49.4 Å². The summed E-state index contributed by atoms with van der Waals surface area (Å²) in [5.74, 6) is -3.64. The smallest absolute Gasteiger partial charge is 0.322 e. The number of hydrogen-bond donors (Lipinski definition) is 2. The molecule has 2 aromatic carbocycles. The van der Waals surface area contributed by atoms with Crippen molar-refractivity contribution in [2.45, 2.75) is 37.4 Å². The molecule has 34 heavy (non-hydrogen) atoms. The zero-order valence-electron chi connectivity index (χ0n) is 17.9. The second-order valence-corrected chi connectivity index (χ2v) is 8.50. The van der Waals surface area contributed by atoms with Gasteiger partial charge in [-0.2, -0.15) is 0 Å². The molecule has 0 unspecified atom stereocenters. The van der Waals surface area contributed by atoms with Crippen LogP contribution < -0.4 is 11.1 Å². The Hall–Kier alpha value is -3.67. The molecule has 0 aliphatic carbocycles. The van der Waals surface area contributed by atoms with E-state index in [2.05, 4.69) is 5.32 Å². The Balaban J connectivity index is 1.29. The molecule has 2 aliphatic rings. The fourth-order valence-corrected chi connectivity index (χ4v) is 4.50. The van der Waals surface area contributed by atoms with Crippen molar-refractivity contribution in [3.63, 3.8) is 0 Å². The average Bonchev–Trinajstić information content (AvgIpc) is 3.39.